The highest BCUT2D eigenvalue weighted by atomic mass is 16.6. The van der Waals surface area contributed by atoms with Gasteiger partial charge in [-0.15, -0.1) is 0 Å². The van der Waals surface area contributed by atoms with Crippen LogP contribution in [0.3, 0.4) is 0 Å². The van der Waals surface area contributed by atoms with Crippen LogP contribution in [0.4, 0.5) is 10.5 Å². The number of amides is 1. The summed E-state index contributed by atoms with van der Waals surface area (Å²) >= 11 is 0. The molecular weight excluding hydrogens is 216 g/mol. The molecule has 1 aliphatic heterocycles. The van der Waals surface area contributed by atoms with E-state index in [4.69, 9.17) is 10.5 Å². The number of benzene rings is 1. The van der Waals surface area contributed by atoms with Gasteiger partial charge in [-0.3, -0.25) is 4.90 Å². The molecule has 0 spiro atoms. The van der Waals surface area contributed by atoms with E-state index < -0.39 is 5.60 Å². The molecule has 92 valence electrons. The Labute approximate surface area is 101 Å². The van der Waals surface area contributed by atoms with Gasteiger partial charge in [-0.2, -0.15) is 0 Å². The third kappa shape index (κ3) is 2.42. The predicted molar refractivity (Wildman–Crippen MR) is 67.1 cm³/mol. The summed E-state index contributed by atoms with van der Waals surface area (Å²) < 4.78 is 5.39. The molecule has 2 rings (SSSR count). The fourth-order valence-corrected chi connectivity index (χ4v) is 2.05. The minimum absolute atomic E-state index is 0.287. The van der Waals surface area contributed by atoms with Gasteiger partial charge in [0.05, 0.1) is 6.54 Å². The van der Waals surface area contributed by atoms with E-state index in [0.717, 1.165) is 5.69 Å². The lowest BCUT2D eigenvalue weighted by molar-refractivity contribution is 0.0672. The predicted octanol–water partition coefficient (Wildman–Crippen LogP) is 2.06. The number of hydrogen-bond donors (Lipinski definition) is 1. The smallest absolute Gasteiger partial charge is 0.415 e. The minimum Gasteiger partial charge on any atom is -0.441 e. The molecule has 0 saturated carbocycles. The Kier molecular flexibility index (Phi) is 3.07. The zero-order valence-electron chi connectivity index (χ0n) is 10.3. The number of hydrogen-bond acceptors (Lipinski definition) is 3. The number of aryl methyl sites for hydroxylation is 1. The average Bonchev–Trinajstić information content (AvgIpc) is 2.56. The van der Waals surface area contributed by atoms with E-state index >= 15 is 0 Å². The van der Waals surface area contributed by atoms with Crippen molar-refractivity contribution in [2.45, 2.75) is 25.9 Å². The van der Waals surface area contributed by atoms with E-state index in [2.05, 4.69) is 0 Å². The van der Waals surface area contributed by atoms with Crippen LogP contribution in [-0.2, 0) is 4.74 Å². The first-order valence-corrected chi connectivity index (χ1v) is 5.81. The molecule has 0 aromatic heterocycles. The SMILES string of the molecule is Cc1ccc(N2CC(C)(CCN)OC2=O)cc1. The van der Waals surface area contributed by atoms with E-state index in [1.807, 2.05) is 38.1 Å². The standard InChI is InChI=1S/C13H18N2O2/c1-10-3-5-11(6-4-10)15-9-13(2,7-8-14)17-12(15)16/h3-6H,7-9,14H2,1-2H3. The summed E-state index contributed by atoms with van der Waals surface area (Å²) in [6.07, 6.45) is 0.394. The van der Waals surface area contributed by atoms with Gasteiger partial charge in [0, 0.05) is 12.1 Å². The molecule has 1 unspecified atom stereocenters. The largest absolute Gasteiger partial charge is 0.441 e. The second kappa shape index (κ2) is 4.37. The molecular formula is C13H18N2O2. The van der Waals surface area contributed by atoms with Crippen molar-refractivity contribution in [3.63, 3.8) is 0 Å². The Morgan fingerprint density at radius 3 is 2.65 bits per heavy atom. The summed E-state index contributed by atoms with van der Waals surface area (Å²) in [5.74, 6) is 0. The second-order valence-electron chi connectivity index (χ2n) is 4.78. The topological polar surface area (TPSA) is 55.6 Å². The lowest BCUT2D eigenvalue weighted by Gasteiger charge is -2.20. The normalized spacial score (nSPS) is 23.9. The summed E-state index contributed by atoms with van der Waals surface area (Å²) in [5.41, 5.74) is 7.12. The van der Waals surface area contributed by atoms with Gasteiger partial charge in [-0.25, -0.2) is 4.79 Å². The van der Waals surface area contributed by atoms with Crippen molar-refractivity contribution in [3.05, 3.63) is 29.8 Å². The van der Waals surface area contributed by atoms with E-state index in [9.17, 15) is 4.79 Å². The first kappa shape index (κ1) is 11.9. The van der Waals surface area contributed by atoms with Crippen molar-refractivity contribution in [1.82, 2.24) is 0 Å². The minimum atomic E-state index is -0.462. The van der Waals surface area contributed by atoms with Gasteiger partial charge in [0.25, 0.3) is 0 Å². The lowest BCUT2D eigenvalue weighted by atomic mass is 10.0. The average molecular weight is 234 g/mol. The third-order valence-electron chi connectivity index (χ3n) is 3.07. The number of anilines is 1. The third-order valence-corrected chi connectivity index (χ3v) is 3.07. The van der Waals surface area contributed by atoms with Crippen molar-refractivity contribution in [2.24, 2.45) is 5.73 Å². The Hall–Kier alpha value is -1.55. The Bertz CT molecular complexity index is 416. The molecule has 1 aliphatic rings. The van der Waals surface area contributed by atoms with Crippen molar-refractivity contribution >= 4 is 11.8 Å². The van der Waals surface area contributed by atoms with Gasteiger partial charge in [-0.05, 0) is 32.5 Å². The Morgan fingerprint density at radius 2 is 2.06 bits per heavy atom. The molecule has 1 atom stereocenters. The Balaban J connectivity index is 2.18. The highest BCUT2D eigenvalue weighted by Crippen LogP contribution is 2.29. The van der Waals surface area contributed by atoms with Crippen LogP contribution in [0.25, 0.3) is 0 Å². The molecule has 1 heterocycles. The fraction of sp³-hybridized carbons (Fsp3) is 0.462. The number of cyclic esters (lactones) is 1. The molecule has 1 fully saturated rings. The zero-order valence-corrected chi connectivity index (χ0v) is 10.3. The number of nitrogens with two attached hydrogens (primary N) is 1. The van der Waals surface area contributed by atoms with E-state index in [1.165, 1.54) is 5.56 Å². The summed E-state index contributed by atoms with van der Waals surface area (Å²) in [6.45, 7) is 5.02. The van der Waals surface area contributed by atoms with Gasteiger partial charge in [0.15, 0.2) is 0 Å². The summed E-state index contributed by atoms with van der Waals surface area (Å²) in [6, 6.07) is 7.85. The molecule has 0 radical (unpaired) electrons. The maximum absolute atomic E-state index is 11.8. The van der Waals surface area contributed by atoms with Crippen LogP contribution in [0.15, 0.2) is 24.3 Å². The van der Waals surface area contributed by atoms with Crippen molar-refractivity contribution in [1.29, 1.82) is 0 Å². The van der Waals surface area contributed by atoms with E-state index in [-0.39, 0.29) is 6.09 Å². The zero-order chi connectivity index (χ0) is 12.5. The summed E-state index contributed by atoms with van der Waals surface area (Å²) in [7, 11) is 0. The van der Waals surface area contributed by atoms with Gasteiger partial charge >= 0.3 is 6.09 Å². The van der Waals surface area contributed by atoms with Gasteiger partial charge in [-0.1, -0.05) is 17.7 Å². The van der Waals surface area contributed by atoms with Crippen LogP contribution in [0.5, 0.6) is 0 Å². The van der Waals surface area contributed by atoms with Gasteiger partial charge in [0.2, 0.25) is 0 Å². The maximum atomic E-state index is 11.8. The summed E-state index contributed by atoms with van der Waals surface area (Å²) in [5, 5.41) is 0. The van der Waals surface area contributed by atoms with Crippen LogP contribution in [-0.4, -0.2) is 24.8 Å². The van der Waals surface area contributed by atoms with Crippen LogP contribution in [0, 0.1) is 6.92 Å². The number of rotatable bonds is 3. The first-order chi connectivity index (χ1) is 8.04. The van der Waals surface area contributed by atoms with Crippen molar-refractivity contribution in [2.75, 3.05) is 18.0 Å². The molecule has 4 heteroatoms. The van der Waals surface area contributed by atoms with Gasteiger partial charge < -0.3 is 10.5 Å². The van der Waals surface area contributed by atoms with Crippen LogP contribution >= 0.6 is 0 Å². The van der Waals surface area contributed by atoms with Crippen LogP contribution in [0.1, 0.15) is 18.9 Å². The highest BCUT2D eigenvalue weighted by Gasteiger charge is 2.41. The number of carbonyl (C=O) groups is 1. The quantitative estimate of drug-likeness (QED) is 0.871. The molecule has 1 amide bonds. The molecule has 2 N–H and O–H groups in total. The number of carbonyl (C=O) groups excluding carboxylic acids is 1. The number of ether oxygens (including phenoxy) is 1. The highest BCUT2D eigenvalue weighted by molar-refractivity contribution is 5.90. The first-order valence-electron chi connectivity index (χ1n) is 5.81. The fourth-order valence-electron chi connectivity index (χ4n) is 2.05. The number of nitrogens with zero attached hydrogens (tertiary/aromatic N) is 1. The maximum Gasteiger partial charge on any atom is 0.415 e. The second-order valence-corrected chi connectivity index (χ2v) is 4.78. The van der Waals surface area contributed by atoms with E-state index in [1.54, 1.807) is 4.90 Å². The van der Waals surface area contributed by atoms with Crippen LogP contribution < -0.4 is 10.6 Å². The van der Waals surface area contributed by atoms with Crippen molar-refractivity contribution < 1.29 is 9.53 Å². The van der Waals surface area contributed by atoms with Crippen molar-refractivity contribution in [3.8, 4) is 0 Å². The van der Waals surface area contributed by atoms with E-state index in [0.29, 0.717) is 19.5 Å². The lowest BCUT2D eigenvalue weighted by Crippen LogP contribution is -2.33. The molecule has 1 aromatic rings. The van der Waals surface area contributed by atoms with Crippen LogP contribution in [0.2, 0.25) is 0 Å². The monoisotopic (exact) mass is 234 g/mol. The Morgan fingerprint density at radius 1 is 1.41 bits per heavy atom. The molecule has 1 saturated heterocycles. The molecule has 0 aliphatic carbocycles. The molecule has 1 aromatic carbocycles. The molecule has 4 nitrogen and oxygen atoms in total. The van der Waals surface area contributed by atoms with Gasteiger partial charge in [0.1, 0.15) is 5.60 Å². The molecule has 0 bridgehead atoms. The summed E-state index contributed by atoms with van der Waals surface area (Å²) in [4.78, 5) is 13.5. The molecule has 17 heavy (non-hydrogen) atoms.